The standard InChI is InChI=1S/C15H21NO4/c1-4-20-12-7-5-11(6-8-12)14(17)16-9-13(10(2)3)15(18)19/h5-8,10,13H,4,9H2,1-3H3,(H,16,17)(H,18,19). The molecule has 1 aromatic rings. The third kappa shape index (κ3) is 4.57. The molecule has 0 aliphatic heterocycles. The highest BCUT2D eigenvalue weighted by molar-refractivity contribution is 5.94. The lowest BCUT2D eigenvalue weighted by Crippen LogP contribution is -2.35. The molecule has 0 heterocycles. The maximum Gasteiger partial charge on any atom is 0.308 e. The molecule has 1 amide bonds. The summed E-state index contributed by atoms with van der Waals surface area (Å²) in [6, 6.07) is 6.75. The Morgan fingerprint density at radius 2 is 1.85 bits per heavy atom. The number of carboxylic acids is 1. The van der Waals surface area contributed by atoms with Crippen molar-refractivity contribution >= 4 is 11.9 Å². The molecular formula is C15H21NO4. The topological polar surface area (TPSA) is 75.6 Å². The van der Waals surface area contributed by atoms with Gasteiger partial charge in [-0.3, -0.25) is 9.59 Å². The van der Waals surface area contributed by atoms with Gasteiger partial charge in [0.2, 0.25) is 0 Å². The lowest BCUT2D eigenvalue weighted by molar-refractivity contribution is -0.142. The van der Waals surface area contributed by atoms with E-state index in [1.54, 1.807) is 24.3 Å². The summed E-state index contributed by atoms with van der Waals surface area (Å²) in [6.07, 6.45) is 0. The van der Waals surface area contributed by atoms with E-state index >= 15 is 0 Å². The first-order chi connectivity index (χ1) is 9.45. The van der Waals surface area contributed by atoms with Crippen LogP contribution in [-0.4, -0.2) is 30.1 Å². The van der Waals surface area contributed by atoms with Crippen molar-refractivity contribution in [2.45, 2.75) is 20.8 Å². The molecule has 0 saturated heterocycles. The van der Waals surface area contributed by atoms with E-state index in [4.69, 9.17) is 9.84 Å². The number of benzene rings is 1. The summed E-state index contributed by atoms with van der Waals surface area (Å²) in [6.45, 7) is 6.22. The molecule has 1 atom stereocenters. The summed E-state index contributed by atoms with van der Waals surface area (Å²) in [5.74, 6) is -1.09. The third-order valence-corrected chi connectivity index (χ3v) is 3.03. The first kappa shape index (κ1) is 16.0. The third-order valence-electron chi connectivity index (χ3n) is 3.03. The number of amides is 1. The quantitative estimate of drug-likeness (QED) is 0.802. The Bertz CT molecular complexity index is 453. The van der Waals surface area contributed by atoms with Gasteiger partial charge in [-0.05, 0) is 37.1 Å². The van der Waals surface area contributed by atoms with E-state index in [0.717, 1.165) is 0 Å². The van der Waals surface area contributed by atoms with Crippen LogP contribution in [0.15, 0.2) is 24.3 Å². The van der Waals surface area contributed by atoms with Gasteiger partial charge in [0.1, 0.15) is 5.75 Å². The first-order valence-electron chi connectivity index (χ1n) is 6.69. The molecule has 0 bridgehead atoms. The maximum absolute atomic E-state index is 11.9. The highest BCUT2D eigenvalue weighted by atomic mass is 16.5. The van der Waals surface area contributed by atoms with Crippen LogP contribution in [0.4, 0.5) is 0 Å². The SMILES string of the molecule is CCOc1ccc(C(=O)NCC(C(=O)O)C(C)C)cc1. The molecule has 1 rings (SSSR count). The van der Waals surface area contributed by atoms with Crippen LogP contribution in [0.5, 0.6) is 5.75 Å². The van der Waals surface area contributed by atoms with Crippen molar-refractivity contribution < 1.29 is 19.4 Å². The van der Waals surface area contributed by atoms with Crippen molar-refractivity contribution in [3.05, 3.63) is 29.8 Å². The first-order valence-corrected chi connectivity index (χ1v) is 6.69. The van der Waals surface area contributed by atoms with Gasteiger partial charge in [-0.1, -0.05) is 13.8 Å². The van der Waals surface area contributed by atoms with Crippen LogP contribution in [0.3, 0.4) is 0 Å². The number of carbonyl (C=O) groups is 2. The highest BCUT2D eigenvalue weighted by Gasteiger charge is 2.22. The zero-order chi connectivity index (χ0) is 15.1. The predicted molar refractivity (Wildman–Crippen MR) is 75.9 cm³/mol. The van der Waals surface area contributed by atoms with Crippen LogP contribution >= 0.6 is 0 Å². The number of carbonyl (C=O) groups excluding carboxylic acids is 1. The Kier molecular flexibility index (Phi) is 6.03. The smallest absolute Gasteiger partial charge is 0.308 e. The number of ether oxygens (including phenoxy) is 1. The van der Waals surface area contributed by atoms with Crippen molar-refractivity contribution in [2.24, 2.45) is 11.8 Å². The summed E-state index contributed by atoms with van der Waals surface area (Å²) in [5, 5.41) is 11.7. The minimum atomic E-state index is -0.896. The Morgan fingerprint density at radius 1 is 1.25 bits per heavy atom. The van der Waals surface area contributed by atoms with E-state index in [1.807, 2.05) is 20.8 Å². The molecule has 1 unspecified atom stereocenters. The fraction of sp³-hybridized carbons (Fsp3) is 0.467. The molecule has 1 aromatic carbocycles. The summed E-state index contributed by atoms with van der Waals surface area (Å²) in [7, 11) is 0. The minimum Gasteiger partial charge on any atom is -0.494 e. The van der Waals surface area contributed by atoms with Crippen molar-refractivity contribution in [3.8, 4) is 5.75 Å². The van der Waals surface area contributed by atoms with Gasteiger partial charge in [-0.2, -0.15) is 0 Å². The van der Waals surface area contributed by atoms with E-state index < -0.39 is 11.9 Å². The van der Waals surface area contributed by atoms with E-state index in [-0.39, 0.29) is 18.4 Å². The number of hydrogen-bond acceptors (Lipinski definition) is 3. The average molecular weight is 279 g/mol. The van der Waals surface area contributed by atoms with Crippen molar-refractivity contribution in [1.29, 1.82) is 0 Å². The molecule has 0 aliphatic carbocycles. The Hall–Kier alpha value is -2.04. The van der Waals surface area contributed by atoms with Gasteiger partial charge in [0, 0.05) is 12.1 Å². The molecule has 2 N–H and O–H groups in total. The monoisotopic (exact) mass is 279 g/mol. The van der Waals surface area contributed by atoms with Gasteiger partial charge < -0.3 is 15.2 Å². The number of carboxylic acid groups (broad SMARTS) is 1. The molecule has 0 saturated carbocycles. The van der Waals surface area contributed by atoms with E-state index in [2.05, 4.69) is 5.32 Å². The molecule has 110 valence electrons. The van der Waals surface area contributed by atoms with Crippen molar-refractivity contribution in [3.63, 3.8) is 0 Å². The van der Waals surface area contributed by atoms with Gasteiger partial charge >= 0.3 is 5.97 Å². The molecule has 0 fully saturated rings. The molecule has 0 spiro atoms. The molecule has 0 radical (unpaired) electrons. The molecule has 0 aromatic heterocycles. The molecule has 20 heavy (non-hydrogen) atoms. The fourth-order valence-electron chi connectivity index (χ4n) is 1.78. The Morgan fingerprint density at radius 3 is 2.30 bits per heavy atom. The second-order valence-corrected chi connectivity index (χ2v) is 4.86. The fourth-order valence-corrected chi connectivity index (χ4v) is 1.78. The van der Waals surface area contributed by atoms with Crippen LogP contribution < -0.4 is 10.1 Å². The maximum atomic E-state index is 11.9. The van der Waals surface area contributed by atoms with Gasteiger partial charge in [0.05, 0.1) is 12.5 Å². The summed E-state index contributed by atoms with van der Waals surface area (Å²) >= 11 is 0. The van der Waals surface area contributed by atoms with Crippen LogP contribution in [0.25, 0.3) is 0 Å². The Labute approximate surface area is 118 Å². The normalized spacial score (nSPS) is 12.0. The predicted octanol–water partition coefficient (Wildman–Crippen LogP) is 2.17. The molecule has 5 heteroatoms. The largest absolute Gasteiger partial charge is 0.494 e. The van der Waals surface area contributed by atoms with Crippen LogP contribution in [0.1, 0.15) is 31.1 Å². The summed E-state index contributed by atoms with van der Waals surface area (Å²) < 4.78 is 5.29. The number of rotatable bonds is 7. The van der Waals surface area contributed by atoms with Gasteiger partial charge in [0.15, 0.2) is 0 Å². The summed E-state index contributed by atoms with van der Waals surface area (Å²) in [4.78, 5) is 23.0. The van der Waals surface area contributed by atoms with Crippen LogP contribution in [-0.2, 0) is 4.79 Å². The molecule has 5 nitrogen and oxygen atoms in total. The number of aliphatic carboxylic acids is 1. The van der Waals surface area contributed by atoms with E-state index in [1.165, 1.54) is 0 Å². The minimum absolute atomic E-state index is 0.0341. The summed E-state index contributed by atoms with van der Waals surface area (Å²) in [5.41, 5.74) is 0.487. The van der Waals surface area contributed by atoms with Crippen molar-refractivity contribution in [1.82, 2.24) is 5.32 Å². The second kappa shape index (κ2) is 7.53. The lowest BCUT2D eigenvalue weighted by Gasteiger charge is -2.16. The zero-order valence-electron chi connectivity index (χ0n) is 12.1. The Balaban J connectivity index is 2.60. The van der Waals surface area contributed by atoms with Gasteiger partial charge in [-0.25, -0.2) is 0 Å². The van der Waals surface area contributed by atoms with Gasteiger partial charge in [0.25, 0.3) is 5.91 Å². The number of hydrogen-bond donors (Lipinski definition) is 2. The van der Waals surface area contributed by atoms with Crippen LogP contribution in [0, 0.1) is 11.8 Å². The number of nitrogens with one attached hydrogen (secondary N) is 1. The second-order valence-electron chi connectivity index (χ2n) is 4.86. The van der Waals surface area contributed by atoms with Gasteiger partial charge in [-0.15, -0.1) is 0 Å². The lowest BCUT2D eigenvalue weighted by atomic mass is 9.96. The zero-order valence-corrected chi connectivity index (χ0v) is 12.1. The van der Waals surface area contributed by atoms with Crippen LogP contribution in [0.2, 0.25) is 0 Å². The molecular weight excluding hydrogens is 258 g/mol. The highest BCUT2D eigenvalue weighted by Crippen LogP contribution is 2.13. The molecule has 0 aliphatic rings. The average Bonchev–Trinajstić information content (AvgIpc) is 2.39. The van der Waals surface area contributed by atoms with E-state index in [0.29, 0.717) is 17.9 Å². The van der Waals surface area contributed by atoms with E-state index in [9.17, 15) is 9.59 Å². The van der Waals surface area contributed by atoms with Crippen molar-refractivity contribution in [2.75, 3.05) is 13.2 Å².